The third-order valence-electron chi connectivity index (χ3n) is 2.64. The summed E-state index contributed by atoms with van der Waals surface area (Å²) in [5.74, 6) is 0.146. The smallest absolute Gasteiger partial charge is 0.247 e. The fourth-order valence-corrected chi connectivity index (χ4v) is 1.81. The minimum Gasteiger partial charge on any atom is -0.350 e. The normalized spacial score (nSPS) is 24.3. The summed E-state index contributed by atoms with van der Waals surface area (Å²) in [6.45, 7) is 4.26. The van der Waals surface area contributed by atoms with Gasteiger partial charge in [0.2, 0.25) is 5.91 Å². The van der Waals surface area contributed by atoms with Crippen molar-refractivity contribution in [2.75, 3.05) is 0 Å². The lowest BCUT2D eigenvalue weighted by molar-refractivity contribution is -0.116. The van der Waals surface area contributed by atoms with Gasteiger partial charge < -0.3 is 5.32 Å². The lowest BCUT2D eigenvalue weighted by Crippen LogP contribution is -2.21. The van der Waals surface area contributed by atoms with Gasteiger partial charge in [0.25, 0.3) is 0 Å². The van der Waals surface area contributed by atoms with Gasteiger partial charge in [0.15, 0.2) is 0 Å². The monoisotopic (exact) mass is 195 g/mol. The SMILES string of the molecule is CCCCCC/C=C1\CC(C)NC1=O. The molecule has 0 saturated carbocycles. The first-order valence-electron chi connectivity index (χ1n) is 5.74. The van der Waals surface area contributed by atoms with E-state index in [1.54, 1.807) is 0 Å². The Kier molecular flexibility index (Phi) is 4.71. The van der Waals surface area contributed by atoms with E-state index in [2.05, 4.69) is 25.2 Å². The zero-order valence-corrected chi connectivity index (χ0v) is 9.31. The zero-order chi connectivity index (χ0) is 10.4. The van der Waals surface area contributed by atoms with Gasteiger partial charge in [-0.25, -0.2) is 0 Å². The average Bonchev–Trinajstić information content (AvgIpc) is 2.45. The van der Waals surface area contributed by atoms with Crippen LogP contribution in [0.1, 0.15) is 52.4 Å². The molecule has 14 heavy (non-hydrogen) atoms. The number of carbonyl (C=O) groups is 1. The molecule has 1 amide bonds. The van der Waals surface area contributed by atoms with Crippen LogP contribution in [0.5, 0.6) is 0 Å². The van der Waals surface area contributed by atoms with Gasteiger partial charge >= 0.3 is 0 Å². The molecule has 1 fully saturated rings. The van der Waals surface area contributed by atoms with Crippen molar-refractivity contribution in [1.82, 2.24) is 5.32 Å². The topological polar surface area (TPSA) is 29.1 Å². The highest BCUT2D eigenvalue weighted by molar-refractivity contribution is 5.95. The summed E-state index contributed by atoms with van der Waals surface area (Å²) < 4.78 is 0. The lowest BCUT2D eigenvalue weighted by atomic mass is 10.1. The molecule has 1 saturated heterocycles. The predicted molar refractivity (Wildman–Crippen MR) is 59.1 cm³/mol. The summed E-state index contributed by atoms with van der Waals surface area (Å²) in [6.07, 6.45) is 9.19. The van der Waals surface area contributed by atoms with Gasteiger partial charge in [-0.1, -0.05) is 32.3 Å². The third kappa shape index (κ3) is 3.52. The highest BCUT2D eigenvalue weighted by Gasteiger charge is 2.21. The van der Waals surface area contributed by atoms with E-state index in [-0.39, 0.29) is 5.91 Å². The van der Waals surface area contributed by atoms with Gasteiger partial charge in [0, 0.05) is 11.6 Å². The van der Waals surface area contributed by atoms with E-state index in [0.29, 0.717) is 6.04 Å². The second-order valence-corrected chi connectivity index (χ2v) is 4.16. The molecule has 0 bridgehead atoms. The molecule has 0 radical (unpaired) electrons. The van der Waals surface area contributed by atoms with Crippen molar-refractivity contribution in [2.45, 2.75) is 58.4 Å². The number of rotatable bonds is 5. The number of nitrogens with one attached hydrogen (secondary N) is 1. The van der Waals surface area contributed by atoms with E-state index in [4.69, 9.17) is 0 Å². The Morgan fingerprint density at radius 3 is 2.79 bits per heavy atom. The summed E-state index contributed by atoms with van der Waals surface area (Å²) in [5.41, 5.74) is 0.994. The maximum atomic E-state index is 11.3. The Balaban J connectivity index is 2.20. The summed E-state index contributed by atoms with van der Waals surface area (Å²) in [5, 5.41) is 2.91. The summed E-state index contributed by atoms with van der Waals surface area (Å²) in [4.78, 5) is 11.3. The van der Waals surface area contributed by atoms with Crippen molar-refractivity contribution >= 4 is 5.91 Å². The Bertz CT molecular complexity index is 220. The van der Waals surface area contributed by atoms with Crippen molar-refractivity contribution in [3.8, 4) is 0 Å². The van der Waals surface area contributed by atoms with Crippen molar-refractivity contribution in [3.63, 3.8) is 0 Å². The van der Waals surface area contributed by atoms with Gasteiger partial charge in [0.1, 0.15) is 0 Å². The van der Waals surface area contributed by atoms with Crippen molar-refractivity contribution in [1.29, 1.82) is 0 Å². The Morgan fingerprint density at radius 2 is 2.21 bits per heavy atom. The Hall–Kier alpha value is -0.790. The van der Waals surface area contributed by atoms with Crippen LogP contribution in [-0.4, -0.2) is 11.9 Å². The number of hydrogen-bond acceptors (Lipinski definition) is 1. The maximum Gasteiger partial charge on any atom is 0.247 e. The fourth-order valence-electron chi connectivity index (χ4n) is 1.81. The van der Waals surface area contributed by atoms with Crippen LogP contribution < -0.4 is 5.32 Å². The van der Waals surface area contributed by atoms with Crippen LogP contribution in [0, 0.1) is 0 Å². The Morgan fingerprint density at radius 1 is 1.43 bits per heavy atom. The van der Waals surface area contributed by atoms with Crippen molar-refractivity contribution < 1.29 is 4.79 Å². The first-order chi connectivity index (χ1) is 6.74. The number of unbranched alkanes of at least 4 members (excludes halogenated alkanes) is 4. The quantitative estimate of drug-likeness (QED) is 0.530. The molecule has 1 aliphatic heterocycles. The standard InChI is InChI=1S/C12H21NO/c1-3-4-5-6-7-8-11-9-10(2)13-12(11)14/h8,10H,3-7,9H2,1-2H3,(H,13,14)/b11-8+. The van der Waals surface area contributed by atoms with Gasteiger partial charge in [-0.2, -0.15) is 0 Å². The van der Waals surface area contributed by atoms with Gasteiger partial charge in [-0.15, -0.1) is 0 Å². The summed E-state index contributed by atoms with van der Waals surface area (Å²) in [7, 11) is 0. The van der Waals surface area contributed by atoms with Gasteiger partial charge in [-0.3, -0.25) is 4.79 Å². The first-order valence-corrected chi connectivity index (χ1v) is 5.74. The van der Waals surface area contributed by atoms with Crippen LogP contribution in [0.2, 0.25) is 0 Å². The number of carbonyl (C=O) groups excluding carboxylic acids is 1. The number of hydrogen-bond donors (Lipinski definition) is 1. The fraction of sp³-hybridized carbons (Fsp3) is 0.750. The van der Waals surface area contributed by atoms with E-state index < -0.39 is 0 Å². The molecular formula is C12H21NO. The van der Waals surface area contributed by atoms with Crippen molar-refractivity contribution in [3.05, 3.63) is 11.6 Å². The third-order valence-corrected chi connectivity index (χ3v) is 2.64. The molecule has 0 aromatic carbocycles. The lowest BCUT2D eigenvalue weighted by Gasteiger charge is -1.96. The second kappa shape index (κ2) is 5.84. The highest BCUT2D eigenvalue weighted by atomic mass is 16.2. The van der Waals surface area contributed by atoms with E-state index in [9.17, 15) is 4.79 Å². The molecule has 0 aromatic rings. The maximum absolute atomic E-state index is 11.3. The molecule has 2 heteroatoms. The molecule has 0 aromatic heterocycles. The number of amides is 1. The Labute approximate surface area is 86.8 Å². The van der Waals surface area contributed by atoms with Crippen LogP contribution >= 0.6 is 0 Å². The first kappa shape index (κ1) is 11.3. The molecule has 1 aliphatic rings. The van der Waals surface area contributed by atoms with Crippen LogP contribution in [0.15, 0.2) is 11.6 Å². The van der Waals surface area contributed by atoms with E-state index in [0.717, 1.165) is 18.4 Å². The molecule has 1 heterocycles. The molecule has 1 unspecified atom stereocenters. The highest BCUT2D eigenvalue weighted by Crippen LogP contribution is 2.15. The molecule has 1 rings (SSSR count). The minimum absolute atomic E-state index is 0.146. The predicted octanol–water partition coefficient (Wildman–Crippen LogP) is 2.79. The van der Waals surface area contributed by atoms with Crippen LogP contribution in [0.3, 0.4) is 0 Å². The minimum atomic E-state index is 0.146. The molecule has 80 valence electrons. The molecule has 1 N–H and O–H groups in total. The van der Waals surface area contributed by atoms with Gasteiger partial charge in [0.05, 0.1) is 0 Å². The van der Waals surface area contributed by atoms with E-state index in [1.165, 1.54) is 25.7 Å². The van der Waals surface area contributed by atoms with Crippen LogP contribution in [0.4, 0.5) is 0 Å². The van der Waals surface area contributed by atoms with Crippen LogP contribution in [-0.2, 0) is 4.79 Å². The van der Waals surface area contributed by atoms with E-state index >= 15 is 0 Å². The van der Waals surface area contributed by atoms with E-state index in [1.807, 2.05) is 0 Å². The molecule has 0 spiro atoms. The van der Waals surface area contributed by atoms with Crippen molar-refractivity contribution in [2.24, 2.45) is 0 Å². The molecule has 2 nitrogen and oxygen atoms in total. The molecule has 0 aliphatic carbocycles. The molecular weight excluding hydrogens is 174 g/mol. The van der Waals surface area contributed by atoms with Gasteiger partial charge in [-0.05, 0) is 26.2 Å². The molecule has 1 atom stereocenters. The number of allylic oxidation sites excluding steroid dienone is 1. The average molecular weight is 195 g/mol. The second-order valence-electron chi connectivity index (χ2n) is 4.16. The zero-order valence-electron chi connectivity index (χ0n) is 9.31. The largest absolute Gasteiger partial charge is 0.350 e. The summed E-state index contributed by atoms with van der Waals surface area (Å²) >= 11 is 0. The summed E-state index contributed by atoms with van der Waals surface area (Å²) in [6, 6.07) is 0.337. The van der Waals surface area contributed by atoms with Crippen LogP contribution in [0.25, 0.3) is 0 Å².